The number of aromatic nitrogens is 3. The topological polar surface area (TPSA) is 62.5 Å². The van der Waals surface area contributed by atoms with Gasteiger partial charge in [-0.05, 0) is 62.9 Å². The third-order valence-corrected chi connectivity index (χ3v) is 6.88. The third-order valence-electron chi connectivity index (χ3n) is 6.88. The van der Waals surface area contributed by atoms with Crippen LogP contribution in [0, 0.1) is 18.7 Å². The van der Waals surface area contributed by atoms with E-state index in [4.69, 9.17) is 0 Å². The highest BCUT2D eigenvalue weighted by molar-refractivity contribution is 5.95. The fourth-order valence-corrected chi connectivity index (χ4v) is 4.82. The number of carbonyl (C=O) groups is 1. The van der Waals surface area contributed by atoms with Gasteiger partial charge in [-0.25, -0.2) is 13.9 Å². The third kappa shape index (κ3) is 5.41. The van der Waals surface area contributed by atoms with E-state index in [2.05, 4.69) is 50.6 Å². The van der Waals surface area contributed by atoms with Crippen molar-refractivity contribution in [3.8, 4) is 11.3 Å². The zero-order valence-corrected chi connectivity index (χ0v) is 20.0. The molecule has 0 radical (unpaired) electrons. The van der Waals surface area contributed by atoms with E-state index in [0.29, 0.717) is 40.6 Å². The molecule has 1 N–H and O–H groups in total. The number of rotatable bonds is 7. The second-order valence-electron chi connectivity index (χ2n) is 9.32. The Morgan fingerprint density at radius 2 is 1.89 bits per heavy atom. The molecule has 0 atom stereocenters. The summed E-state index contributed by atoms with van der Waals surface area (Å²) in [5.74, 6) is 0.177. The van der Waals surface area contributed by atoms with E-state index in [9.17, 15) is 9.18 Å². The lowest BCUT2D eigenvalue weighted by Gasteiger charge is -2.32. The molecule has 1 amide bonds. The van der Waals surface area contributed by atoms with Crippen molar-refractivity contribution >= 4 is 11.6 Å². The lowest BCUT2D eigenvalue weighted by molar-refractivity contribution is 0.0946. The molecule has 0 unspecified atom stereocenters. The van der Waals surface area contributed by atoms with E-state index < -0.39 is 0 Å². The molecule has 2 aromatic carbocycles. The van der Waals surface area contributed by atoms with Gasteiger partial charge in [0.15, 0.2) is 5.65 Å². The molecule has 6 nitrogen and oxygen atoms in total. The van der Waals surface area contributed by atoms with Crippen LogP contribution in [0.4, 0.5) is 4.39 Å². The fourth-order valence-electron chi connectivity index (χ4n) is 4.82. The summed E-state index contributed by atoms with van der Waals surface area (Å²) < 4.78 is 15.3. The van der Waals surface area contributed by atoms with E-state index >= 15 is 0 Å². The number of amides is 1. The summed E-state index contributed by atoms with van der Waals surface area (Å²) in [5, 5.41) is 7.63. The van der Waals surface area contributed by atoms with Gasteiger partial charge in [0.1, 0.15) is 5.82 Å². The summed E-state index contributed by atoms with van der Waals surface area (Å²) in [7, 11) is 0. The minimum atomic E-state index is -0.314. The Balaban J connectivity index is 1.15. The van der Waals surface area contributed by atoms with Gasteiger partial charge in [-0.1, -0.05) is 42.5 Å². The van der Waals surface area contributed by atoms with Crippen molar-refractivity contribution < 1.29 is 9.18 Å². The molecule has 3 heterocycles. The second kappa shape index (κ2) is 10.4. The number of hydrogen-bond acceptors (Lipinski definition) is 4. The van der Waals surface area contributed by atoms with Crippen LogP contribution in [0.3, 0.4) is 0 Å². The summed E-state index contributed by atoms with van der Waals surface area (Å²) in [4.78, 5) is 19.8. The highest BCUT2D eigenvalue weighted by atomic mass is 19.1. The standard InChI is InChI=1S/C28H30FN5O/c1-20-25(18-31-27-17-26(32-34(20)27)23-8-5-9-24(29)16-23)28(35)30-13-10-21-11-14-33(15-12-21)19-22-6-3-2-4-7-22/h2-9,16-18,21H,10-15,19H2,1H3,(H,30,35). The molecule has 0 bridgehead atoms. The molecule has 7 heteroatoms. The van der Waals surface area contributed by atoms with E-state index in [1.165, 1.54) is 17.7 Å². The Labute approximate surface area is 204 Å². The molecule has 5 rings (SSSR count). The Morgan fingerprint density at radius 3 is 2.66 bits per heavy atom. The van der Waals surface area contributed by atoms with E-state index in [1.807, 2.05) is 6.92 Å². The zero-order chi connectivity index (χ0) is 24.2. The van der Waals surface area contributed by atoms with E-state index in [1.54, 1.807) is 28.9 Å². The van der Waals surface area contributed by atoms with Crippen LogP contribution in [0.5, 0.6) is 0 Å². The maximum atomic E-state index is 13.6. The summed E-state index contributed by atoms with van der Waals surface area (Å²) in [6, 6.07) is 18.7. The Hall–Kier alpha value is -3.58. The van der Waals surface area contributed by atoms with Crippen LogP contribution in [0.2, 0.25) is 0 Å². The Kier molecular flexibility index (Phi) is 6.86. The average Bonchev–Trinajstić information content (AvgIpc) is 3.31. The molecule has 1 aliphatic heterocycles. The molecular formula is C28H30FN5O. The Morgan fingerprint density at radius 1 is 1.09 bits per heavy atom. The predicted molar refractivity (Wildman–Crippen MR) is 135 cm³/mol. The number of carbonyl (C=O) groups excluding carboxylic acids is 1. The van der Waals surface area contributed by atoms with Crippen molar-refractivity contribution in [2.24, 2.45) is 5.92 Å². The van der Waals surface area contributed by atoms with E-state index in [0.717, 1.165) is 38.9 Å². The fraction of sp³-hybridized carbons (Fsp3) is 0.321. The average molecular weight is 472 g/mol. The van der Waals surface area contributed by atoms with Gasteiger partial charge in [0.2, 0.25) is 0 Å². The van der Waals surface area contributed by atoms with Crippen molar-refractivity contribution in [3.63, 3.8) is 0 Å². The second-order valence-corrected chi connectivity index (χ2v) is 9.32. The SMILES string of the molecule is Cc1c(C(=O)NCCC2CCN(Cc3ccccc3)CC2)cnc2cc(-c3cccc(F)c3)nn12. The first kappa shape index (κ1) is 23.2. The number of hydrogen-bond donors (Lipinski definition) is 1. The quantitative estimate of drug-likeness (QED) is 0.418. The Bertz CT molecular complexity index is 1310. The first-order valence-electron chi connectivity index (χ1n) is 12.2. The maximum Gasteiger partial charge on any atom is 0.254 e. The van der Waals surface area contributed by atoms with Gasteiger partial charge < -0.3 is 5.32 Å². The van der Waals surface area contributed by atoms with Gasteiger partial charge in [-0.15, -0.1) is 0 Å². The number of aryl methyl sites for hydroxylation is 1. The smallest absolute Gasteiger partial charge is 0.254 e. The highest BCUT2D eigenvalue weighted by Crippen LogP contribution is 2.23. The van der Waals surface area contributed by atoms with Crippen molar-refractivity contribution in [1.82, 2.24) is 24.8 Å². The molecule has 0 spiro atoms. The summed E-state index contributed by atoms with van der Waals surface area (Å²) >= 11 is 0. The molecule has 0 saturated carbocycles. The lowest BCUT2D eigenvalue weighted by Crippen LogP contribution is -2.35. The van der Waals surface area contributed by atoms with Crippen LogP contribution >= 0.6 is 0 Å². The van der Waals surface area contributed by atoms with Crippen molar-refractivity contribution in [3.05, 3.63) is 89.5 Å². The molecule has 4 aromatic rings. The van der Waals surface area contributed by atoms with Crippen LogP contribution in [0.15, 0.2) is 66.9 Å². The summed E-state index contributed by atoms with van der Waals surface area (Å²) in [6.07, 6.45) is 4.89. The van der Waals surface area contributed by atoms with Gasteiger partial charge in [0.05, 0.1) is 17.0 Å². The lowest BCUT2D eigenvalue weighted by atomic mass is 9.93. The number of nitrogens with one attached hydrogen (secondary N) is 1. The molecule has 1 fully saturated rings. The number of piperidine rings is 1. The predicted octanol–water partition coefficient (Wildman–Crippen LogP) is 4.88. The summed E-state index contributed by atoms with van der Waals surface area (Å²) in [6.45, 7) is 5.70. The normalized spacial score (nSPS) is 14.9. The van der Waals surface area contributed by atoms with Gasteiger partial charge in [0, 0.05) is 30.9 Å². The number of fused-ring (bicyclic) bond motifs is 1. The first-order chi connectivity index (χ1) is 17.1. The molecule has 1 saturated heterocycles. The molecular weight excluding hydrogens is 441 g/mol. The van der Waals surface area contributed by atoms with Crippen LogP contribution in [0.25, 0.3) is 16.9 Å². The number of benzene rings is 2. The van der Waals surface area contributed by atoms with Crippen molar-refractivity contribution in [2.45, 2.75) is 32.7 Å². The highest BCUT2D eigenvalue weighted by Gasteiger charge is 2.20. The van der Waals surface area contributed by atoms with Gasteiger partial charge in [-0.2, -0.15) is 5.10 Å². The van der Waals surface area contributed by atoms with Crippen molar-refractivity contribution in [2.75, 3.05) is 19.6 Å². The van der Waals surface area contributed by atoms with Crippen LogP contribution in [0.1, 0.15) is 40.9 Å². The van der Waals surface area contributed by atoms with Gasteiger partial charge in [0.25, 0.3) is 5.91 Å². The van der Waals surface area contributed by atoms with Crippen molar-refractivity contribution in [1.29, 1.82) is 0 Å². The minimum Gasteiger partial charge on any atom is -0.352 e. The molecule has 1 aliphatic rings. The monoisotopic (exact) mass is 471 g/mol. The zero-order valence-electron chi connectivity index (χ0n) is 20.0. The van der Waals surface area contributed by atoms with Crippen LogP contribution < -0.4 is 5.32 Å². The first-order valence-corrected chi connectivity index (χ1v) is 12.2. The molecule has 2 aromatic heterocycles. The van der Waals surface area contributed by atoms with E-state index in [-0.39, 0.29) is 11.7 Å². The van der Waals surface area contributed by atoms with Gasteiger partial charge in [-0.3, -0.25) is 9.69 Å². The molecule has 0 aliphatic carbocycles. The summed E-state index contributed by atoms with van der Waals surface area (Å²) in [5.41, 5.74) is 4.50. The largest absolute Gasteiger partial charge is 0.352 e. The number of likely N-dealkylation sites (tertiary alicyclic amines) is 1. The van der Waals surface area contributed by atoms with Gasteiger partial charge >= 0.3 is 0 Å². The number of halogens is 1. The van der Waals surface area contributed by atoms with Crippen LogP contribution in [-0.4, -0.2) is 45.0 Å². The van der Waals surface area contributed by atoms with Crippen LogP contribution in [-0.2, 0) is 6.54 Å². The molecule has 35 heavy (non-hydrogen) atoms. The molecule has 180 valence electrons. The minimum absolute atomic E-state index is 0.138. The number of nitrogens with zero attached hydrogens (tertiary/aromatic N) is 4. The maximum absolute atomic E-state index is 13.6.